The Bertz CT molecular complexity index is 465. The number of nitrogens with zero attached hydrogens (tertiary/aromatic N) is 2. The summed E-state index contributed by atoms with van der Waals surface area (Å²) in [4.78, 5) is 16.9. The van der Waals surface area contributed by atoms with Crippen molar-refractivity contribution in [2.24, 2.45) is 11.8 Å². The molecule has 3 rings (SSSR count). The second kappa shape index (κ2) is 6.01. The first-order chi connectivity index (χ1) is 10.7. The zero-order valence-corrected chi connectivity index (χ0v) is 15.4. The van der Waals surface area contributed by atoms with Gasteiger partial charge in [0.05, 0.1) is 18.2 Å². The second-order valence-electron chi connectivity index (χ2n) is 8.75. The molecule has 1 amide bonds. The van der Waals surface area contributed by atoms with Crippen molar-refractivity contribution in [2.45, 2.75) is 57.3 Å². The summed E-state index contributed by atoms with van der Waals surface area (Å²) >= 11 is 0. The molecule has 132 valence electrons. The smallest absolute Gasteiger partial charge is 0.234 e. The molecule has 3 saturated heterocycles. The first-order valence-corrected chi connectivity index (χ1v) is 9.10. The van der Waals surface area contributed by atoms with Gasteiger partial charge in [-0.05, 0) is 47.2 Å². The lowest BCUT2D eigenvalue weighted by Crippen LogP contribution is -2.47. The summed E-state index contributed by atoms with van der Waals surface area (Å²) < 4.78 is 6.43. The fraction of sp³-hybridized carbons (Fsp3) is 0.944. The van der Waals surface area contributed by atoms with E-state index in [0.29, 0.717) is 24.5 Å². The summed E-state index contributed by atoms with van der Waals surface area (Å²) in [6.45, 7) is 9.81. The van der Waals surface area contributed by atoms with Gasteiger partial charge in [0.25, 0.3) is 0 Å². The summed E-state index contributed by atoms with van der Waals surface area (Å²) in [7, 11) is 4.29. The number of carbonyl (C=O) groups is 1. The monoisotopic (exact) mass is 323 g/mol. The molecule has 0 aliphatic carbocycles. The van der Waals surface area contributed by atoms with E-state index in [9.17, 15) is 4.79 Å². The largest absolute Gasteiger partial charge is 0.370 e. The van der Waals surface area contributed by atoms with Crippen molar-refractivity contribution < 1.29 is 9.53 Å². The molecule has 0 radical (unpaired) electrons. The van der Waals surface area contributed by atoms with Gasteiger partial charge >= 0.3 is 0 Å². The maximum Gasteiger partial charge on any atom is 0.234 e. The molecular formula is C18H33N3O2. The molecule has 1 N–H and O–H groups in total. The van der Waals surface area contributed by atoms with Crippen LogP contribution in [0.1, 0.15) is 40.0 Å². The fourth-order valence-corrected chi connectivity index (χ4v) is 4.78. The predicted molar refractivity (Wildman–Crippen MR) is 91.3 cm³/mol. The fourth-order valence-electron chi connectivity index (χ4n) is 4.78. The van der Waals surface area contributed by atoms with E-state index in [1.807, 2.05) is 0 Å². The summed E-state index contributed by atoms with van der Waals surface area (Å²) in [5.41, 5.74) is -0.0841. The molecule has 5 heteroatoms. The average molecular weight is 323 g/mol. The van der Waals surface area contributed by atoms with Crippen molar-refractivity contribution in [3.05, 3.63) is 0 Å². The van der Waals surface area contributed by atoms with Crippen LogP contribution in [-0.2, 0) is 9.53 Å². The van der Waals surface area contributed by atoms with E-state index in [-0.39, 0.29) is 17.0 Å². The Kier molecular flexibility index (Phi) is 4.49. The molecule has 0 aromatic rings. The first-order valence-electron chi connectivity index (χ1n) is 9.10. The van der Waals surface area contributed by atoms with Crippen LogP contribution in [0.2, 0.25) is 0 Å². The Morgan fingerprint density at radius 1 is 1.43 bits per heavy atom. The molecule has 4 atom stereocenters. The highest BCUT2D eigenvalue weighted by Crippen LogP contribution is 2.54. The lowest BCUT2D eigenvalue weighted by atomic mass is 9.73. The van der Waals surface area contributed by atoms with Crippen LogP contribution in [-0.4, -0.2) is 73.2 Å². The molecule has 0 aromatic heterocycles. The highest BCUT2D eigenvalue weighted by Gasteiger charge is 2.62. The second-order valence-corrected chi connectivity index (χ2v) is 8.75. The quantitative estimate of drug-likeness (QED) is 0.801. The molecule has 2 bridgehead atoms. The Hall–Kier alpha value is -0.650. The van der Waals surface area contributed by atoms with Gasteiger partial charge in [0.2, 0.25) is 5.91 Å². The third-order valence-corrected chi connectivity index (χ3v) is 6.16. The molecule has 0 unspecified atom stereocenters. The number of fused-ring (bicyclic) bond motifs is 1. The summed E-state index contributed by atoms with van der Waals surface area (Å²) in [6, 6.07) is 0. The van der Waals surface area contributed by atoms with Gasteiger partial charge in [-0.2, -0.15) is 0 Å². The summed E-state index contributed by atoms with van der Waals surface area (Å²) in [5.74, 6) is 1.36. The zero-order chi connectivity index (χ0) is 16.8. The van der Waals surface area contributed by atoms with Crippen LogP contribution in [0.25, 0.3) is 0 Å². The Morgan fingerprint density at radius 3 is 2.83 bits per heavy atom. The van der Waals surface area contributed by atoms with Crippen LogP contribution in [0.4, 0.5) is 0 Å². The van der Waals surface area contributed by atoms with Crippen LogP contribution in [0.15, 0.2) is 0 Å². The van der Waals surface area contributed by atoms with Gasteiger partial charge in [-0.1, -0.05) is 6.92 Å². The Labute approximate surface area is 140 Å². The number of ether oxygens (including phenoxy) is 1. The van der Waals surface area contributed by atoms with E-state index in [2.05, 4.69) is 50.0 Å². The molecule has 3 heterocycles. The van der Waals surface area contributed by atoms with Crippen LogP contribution in [0.5, 0.6) is 0 Å². The number of likely N-dealkylation sites (tertiary alicyclic amines) is 1. The number of carbonyl (C=O) groups excluding carboxylic acids is 1. The zero-order valence-electron chi connectivity index (χ0n) is 15.4. The number of hydrogen-bond donors (Lipinski definition) is 1. The third kappa shape index (κ3) is 3.28. The van der Waals surface area contributed by atoms with Crippen molar-refractivity contribution in [2.75, 3.05) is 40.3 Å². The molecular weight excluding hydrogens is 290 g/mol. The Morgan fingerprint density at radius 2 is 2.17 bits per heavy atom. The van der Waals surface area contributed by atoms with Crippen LogP contribution in [0.3, 0.4) is 0 Å². The highest BCUT2D eigenvalue weighted by atomic mass is 16.5. The number of amides is 1. The molecule has 23 heavy (non-hydrogen) atoms. The van der Waals surface area contributed by atoms with E-state index >= 15 is 0 Å². The maximum absolute atomic E-state index is 12.4. The summed E-state index contributed by atoms with van der Waals surface area (Å²) in [5, 5.41) is 3.15. The van der Waals surface area contributed by atoms with Crippen molar-refractivity contribution in [3.8, 4) is 0 Å². The van der Waals surface area contributed by atoms with Crippen LogP contribution >= 0.6 is 0 Å². The van der Waals surface area contributed by atoms with Crippen molar-refractivity contribution in [1.29, 1.82) is 0 Å². The maximum atomic E-state index is 12.4. The minimum absolute atomic E-state index is 0.0336. The van der Waals surface area contributed by atoms with Gasteiger partial charge in [-0.25, -0.2) is 0 Å². The molecule has 0 saturated carbocycles. The molecule has 3 aliphatic rings. The van der Waals surface area contributed by atoms with E-state index in [4.69, 9.17) is 4.74 Å². The summed E-state index contributed by atoms with van der Waals surface area (Å²) in [6.07, 6.45) is 3.75. The topological polar surface area (TPSA) is 44.8 Å². The van der Waals surface area contributed by atoms with Gasteiger partial charge in [0.15, 0.2) is 0 Å². The molecule has 1 spiro atoms. The van der Waals surface area contributed by atoms with Gasteiger partial charge in [0, 0.05) is 37.0 Å². The molecule has 3 fully saturated rings. The van der Waals surface area contributed by atoms with E-state index in [0.717, 1.165) is 26.1 Å². The van der Waals surface area contributed by atoms with Gasteiger partial charge in [-0.15, -0.1) is 0 Å². The van der Waals surface area contributed by atoms with Crippen LogP contribution in [0, 0.1) is 11.8 Å². The molecule has 5 nitrogen and oxygen atoms in total. The minimum Gasteiger partial charge on any atom is -0.370 e. The molecule has 0 aromatic carbocycles. The lowest BCUT2D eigenvalue weighted by Gasteiger charge is -2.31. The lowest BCUT2D eigenvalue weighted by molar-refractivity contribution is -0.124. The first kappa shape index (κ1) is 17.2. The van der Waals surface area contributed by atoms with E-state index < -0.39 is 0 Å². The van der Waals surface area contributed by atoms with Gasteiger partial charge < -0.3 is 15.0 Å². The van der Waals surface area contributed by atoms with Gasteiger partial charge in [-0.3, -0.25) is 9.69 Å². The van der Waals surface area contributed by atoms with Crippen LogP contribution < -0.4 is 5.32 Å². The standard InChI is InChI=1S/C18H33N3O2/c1-6-17(2,3)19-16(22)11-21-10-14-13(9-20(4)5)15-7-8-18(14,12-21)23-15/h13-15H,6-12H2,1-5H3,(H,19,22)/t13-,14+,15+,18+/m0/s1. The SMILES string of the molecule is CCC(C)(C)NC(=O)CN1C[C@@H]2[C@H](CN(C)C)[C@H]3CC[C@]2(C1)O3. The molecule has 3 aliphatic heterocycles. The normalized spacial score (nSPS) is 36.7. The third-order valence-electron chi connectivity index (χ3n) is 6.16. The van der Waals surface area contributed by atoms with E-state index in [1.54, 1.807) is 0 Å². The number of hydrogen-bond acceptors (Lipinski definition) is 4. The van der Waals surface area contributed by atoms with Crippen molar-refractivity contribution in [1.82, 2.24) is 15.1 Å². The predicted octanol–water partition coefficient (Wildman–Crippen LogP) is 1.33. The minimum atomic E-state index is -0.118. The van der Waals surface area contributed by atoms with E-state index in [1.165, 1.54) is 12.8 Å². The van der Waals surface area contributed by atoms with Gasteiger partial charge in [0.1, 0.15) is 0 Å². The number of nitrogens with one attached hydrogen (secondary N) is 1. The highest BCUT2D eigenvalue weighted by molar-refractivity contribution is 5.78. The Balaban J connectivity index is 1.60. The van der Waals surface area contributed by atoms with Crippen molar-refractivity contribution in [3.63, 3.8) is 0 Å². The average Bonchev–Trinajstić information content (AvgIpc) is 3.07. The number of rotatable bonds is 6. The van der Waals surface area contributed by atoms with Crippen molar-refractivity contribution >= 4 is 5.91 Å².